The van der Waals surface area contributed by atoms with Crippen LogP contribution in [0.4, 0.5) is 0 Å². The summed E-state index contributed by atoms with van der Waals surface area (Å²) >= 11 is 0. The lowest BCUT2D eigenvalue weighted by Gasteiger charge is -2.18. The van der Waals surface area contributed by atoms with Crippen molar-refractivity contribution >= 4 is 43.5 Å². The Bertz CT molecular complexity index is 2330. The number of hydrogen-bond donors (Lipinski definition) is 0. The summed E-state index contributed by atoms with van der Waals surface area (Å²) in [6.07, 6.45) is 0. The molecule has 0 aliphatic rings. The van der Waals surface area contributed by atoms with Gasteiger partial charge in [-0.2, -0.15) is 0 Å². The lowest BCUT2D eigenvalue weighted by atomic mass is 9.85. The second-order valence-electron chi connectivity index (χ2n) is 9.74. The third kappa shape index (κ3) is 3.41. The molecule has 8 aromatic rings. The first-order valence-corrected chi connectivity index (χ1v) is 13.0. The second kappa shape index (κ2) is 8.72. The molecular weight excluding hydrogens is 472 g/mol. The molecule has 1 aromatic heterocycles. The molecule has 0 spiro atoms. The number of hydrogen-bond acceptors (Lipinski definition) is 1. The first-order chi connectivity index (χ1) is 21.0. The molecule has 8 rings (SSSR count). The van der Waals surface area contributed by atoms with Crippen molar-refractivity contribution in [2.75, 3.05) is 0 Å². The molecule has 0 aliphatic heterocycles. The molecule has 1 heterocycles. The van der Waals surface area contributed by atoms with Crippen molar-refractivity contribution < 1.29 is 9.90 Å². The van der Waals surface area contributed by atoms with Crippen LogP contribution in [0.3, 0.4) is 0 Å². The first kappa shape index (κ1) is 18.2. The van der Waals surface area contributed by atoms with Crippen molar-refractivity contribution in [2.24, 2.45) is 0 Å². The van der Waals surface area contributed by atoms with E-state index in [0.717, 1.165) is 54.6 Å². The van der Waals surface area contributed by atoms with E-state index in [9.17, 15) is 1.37 Å². The molecule has 39 heavy (non-hydrogen) atoms. The van der Waals surface area contributed by atoms with E-state index in [0.29, 0.717) is 22.3 Å². The van der Waals surface area contributed by atoms with Crippen LogP contribution in [0.25, 0.3) is 76.9 Å². The van der Waals surface area contributed by atoms with Gasteiger partial charge in [0, 0.05) is 16.3 Å². The van der Waals surface area contributed by atoms with E-state index < -0.39 is 0 Å². The molecule has 0 atom stereocenters. The van der Waals surface area contributed by atoms with Crippen LogP contribution in [-0.4, -0.2) is 0 Å². The summed E-state index contributed by atoms with van der Waals surface area (Å²) in [7, 11) is 0. The Morgan fingerprint density at radius 1 is 0.436 bits per heavy atom. The molecule has 1 heteroatoms. The Kier molecular flexibility index (Phi) is 4.06. The molecule has 0 saturated heterocycles. The number of fused-ring (bicyclic) bond motifs is 5. The van der Waals surface area contributed by atoms with Crippen LogP contribution in [-0.2, 0) is 0 Å². The molecule has 0 saturated carbocycles. The van der Waals surface area contributed by atoms with Gasteiger partial charge in [0.25, 0.3) is 0 Å². The zero-order valence-electron chi connectivity index (χ0n) is 25.0. The average molecular weight is 501 g/mol. The van der Waals surface area contributed by atoms with Crippen LogP contribution in [0.5, 0.6) is 0 Å². The van der Waals surface area contributed by atoms with Gasteiger partial charge < -0.3 is 4.42 Å². The number of benzene rings is 7. The van der Waals surface area contributed by atoms with Crippen molar-refractivity contribution in [3.05, 3.63) is 145 Å². The van der Waals surface area contributed by atoms with Gasteiger partial charge in [-0.3, -0.25) is 0 Å². The molecule has 7 aromatic carbocycles. The molecule has 0 fully saturated rings. The molecule has 0 radical (unpaired) electrons. The second-order valence-corrected chi connectivity index (χ2v) is 9.74. The number of furan rings is 1. The van der Waals surface area contributed by atoms with E-state index >= 15 is 0 Å². The fourth-order valence-electron chi connectivity index (χ4n) is 5.86. The average Bonchev–Trinajstić information content (AvgIpc) is 3.43. The van der Waals surface area contributed by atoms with Crippen LogP contribution >= 0.6 is 0 Å². The highest BCUT2D eigenvalue weighted by Gasteiger charge is 2.17. The quantitative estimate of drug-likeness (QED) is 0.220. The minimum Gasteiger partial charge on any atom is -0.455 e. The lowest BCUT2D eigenvalue weighted by Crippen LogP contribution is -1.91. The number of para-hydroxylation sites is 2. The normalized spacial score (nSPS) is 13.0. The lowest BCUT2D eigenvalue weighted by molar-refractivity contribution is 0.670. The van der Waals surface area contributed by atoms with E-state index in [2.05, 4.69) is 24.3 Å². The fraction of sp³-hybridized carbons (Fsp3) is 0. The van der Waals surface area contributed by atoms with Crippen molar-refractivity contribution in [3.63, 3.8) is 0 Å². The summed E-state index contributed by atoms with van der Waals surface area (Å²) in [6.45, 7) is 0. The highest BCUT2D eigenvalue weighted by molar-refractivity contribution is 6.21. The molecule has 0 amide bonds. The van der Waals surface area contributed by atoms with Gasteiger partial charge in [0.05, 0.1) is 5.48 Å². The van der Waals surface area contributed by atoms with E-state index in [-0.39, 0.29) is 24.2 Å². The molecule has 0 bridgehead atoms. The molecule has 182 valence electrons. The SMILES string of the molecule is [2H]c1c([2H])c(-c2c3ccccc3c(-c3ccccc3)c3ccccc23)c([2H])c(-c2cccc3c2oc2ccccc23)c1[2H]. The van der Waals surface area contributed by atoms with Crippen molar-refractivity contribution in [1.82, 2.24) is 0 Å². The maximum atomic E-state index is 9.61. The maximum absolute atomic E-state index is 9.61. The minimum atomic E-state index is -0.214. The largest absolute Gasteiger partial charge is 0.455 e. The third-order valence-electron chi connectivity index (χ3n) is 7.54. The van der Waals surface area contributed by atoms with Crippen LogP contribution in [0.2, 0.25) is 0 Å². The van der Waals surface area contributed by atoms with E-state index in [1.54, 1.807) is 0 Å². The van der Waals surface area contributed by atoms with Crippen LogP contribution < -0.4 is 0 Å². The van der Waals surface area contributed by atoms with Crippen LogP contribution in [0, 0.1) is 0 Å². The smallest absolute Gasteiger partial charge is 0.143 e. The van der Waals surface area contributed by atoms with E-state index in [1.807, 2.05) is 97.1 Å². The Balaban J connectivity index is 1.52. The summed E-state index contributed by atoms with van der Waals surface area (Å²) in [5.41, 5.74) is 5.41. The minimum absolute atomic E-state index is 0.0433. The van der Waals surface area contributed by atoms with Crippen molar-refractivity contribution in [3.8, 4) is 33.4 Å². The fourth-order valence-corrected chi connectivity index (χ4v) is 5.86. The Labute approximate surface area is 232 Å². The summed E-state index contributed by atoms with van der Waals surface area (Å²) in [6, 6.07) is 39.5. The van der Waals surface area contributed by atoms with Gasteiger partial charge in [-0.15, -0.1) is 0 Å². The van der Waals surface area contributed by atoms with Crippen molar-refractivity contribution in [2.45, 2.75) is 0 Å². The van der Waals surface area contributed by atoms with Gasteiger partial charge in [-0.05, 0) is 61.5 Å². The van der Waals surface area contributed by atoms with Gasteiger partial charge >= 0.3 is 0 Å². The van der Waals surface area contributed by atoms with Crippen molar-refractivity contribution in [1.29, 1.82) is 0 Å². The predicted octanol–water partition coefficient (Wildman–Crippen LogP) is 10.9. The third-order valence-corrected chi connectivity index (χ3v) is 7.54. The standard InChI is InChI=1S/C38H24O/c1-2-12-25(13-3-1)36-30-17-4-6-19-32(30)37(33-20-7-5-18-31(33)36)27-15-10-14-26(24-27)28-21-11-22-34-29-16-8-9-23-35(29)39-38(28)34/h1-24H/i10D,14D,15D,24D. The maximum Gasteiger partial charge on any atom is 0.143 e. The van der Waals surface area contributed by atoms with Crippen LogP contribution in [0.15, 0.2) is 150 Å². The summed E-state index contributed by atoms with van der Waals surface area (Å²) in [4.78, 5) is 0. The summed E-state index contributed by atoms with van der Waals surface area (Å²) in [5.74, 6) is 0. The molecule has 0 aliphatic carbocycles. The predicted molar refractivity (Wildman–Crippen MR) is 165 cm³/mol. The molecule has 1 nitrogen and oxygen atoms in total. The van der Waals surface area contributed by atoms with Gasteiger partial charge in [0.2, 0.25) is 0 Å². The topological polar surface area (TPSA) is 13.1 Å². The van der Waals surface area contributed by atoms with Gasteiger partial charge in [0.15, 0.2) is 0 Å². The zero-order chi connectivity index (χ0) is 29.2. The Hall–Kier alpha value is -5.14. The first-order valence-electron chi connectivity index (χ1n) is 15.0. The molecular formula is C38H24O. The zero-order valence-corrected chi connectivity index (χ0v) is 21.0. The monoisotopic (exact) mass is 500 g/mol. The van der Waals surface area contributed by atoms with E-state index in [4.69, 9.17) is 8.53 Å². The highest BCUT2D eigenvalue weighted by Crippen LogP contribution is 2.44. The summed E-state index contributed by atoms with van der Waals surface area (Å²) < 4.78 is 43.0. The highest BCUT2D eigenvalue weighted by atomic mass is 16.3. The molecule has 0 unspecified atom stereocenters. The van der Waals surface area contributed by atoms with E-state index in [1.165, 1.54) is 0 Å². The van der Waals surface area contributed by atoms with Gasteiger partial charge in [-0.1, -0.05) is 133 Å². The van der Waals surface area contributed by atoms with Crippen LogP contribution in [0.1, 0.15) is 5.48 Å². The summed E-state index contributed by atoms with van der Waals surface area (Å²) in [5, 5.41) is 5.64. The molecule has 0 N–H and O–H groups in total. The number of rotatable bonds is 3. The van der Waals surface area contributed by atoms with Gasteiger partial charge in [0.1, 0.15) is 11.2 Å². The van der Waals surface area contributed by atoms with Gasteiger partial charge in [-0.25, -0.2) is 0 Å². The Morgan fingerprint density at radius 2 is 0.974 bits per heavy atom. The Morgan fingerprint density at radius 3 is 1.67 bits per heavy atom.